The van der Waals surface area contributed by atoms with Crippen molar-refractivity contribution in [3.05, 3.63) is 113 Å². The second-order valence-corrected chi connectivity index (χ2v) is 8.72. The monoisotopic (exact) mass is 475 g/mol. The minimum atomic E-state index is -0.685. The Morgan fingerprint density at radius 2 is 1.46 bits per heavy atom. The molecule has 0 aliphatic heterocycles. The normalized spacial score (nSPS) is 11.1. The van der Waals surface area contributed by atoms with E-state index in [0.717, 1.165) is 22.9 Å². The molecule has 0 saturated heterocycles. The molecule has 4 aromatic rings. The van der Waals surface area contributed by atoms with Crippen molar-refractivity contribution in [1.82, 2.24) is 10.3 Å². The van der Waals surface area contributed by atoms with E-state index in [1.54, 1.807) is 0 Å². The molecule has 1 heterocycles. The van der Waals surface area contributed by atoms with Gasteiger partial charge in [0.15, 0.2) is 0 Å². The van der Waals surface area contributed by atoms with Gasteiger partial charge in [0.25, 0.3) is 0 Å². The maximum Gasteiger partial charge on any atom is 0.238 e. The van der Waals surface area contributed by atoms with Crippen LogP contribution >= 0.6 is 11.8 Å². The van der Waals surface area contributed by atoms with Gasteiger partial charge in [0.1, 0.15) is 33.8 Å². The number of nitrogens with one attached hydrogen (secondary N) is 1. The topological polar surface area (TPSA) is 116 Å². The van der Waals surface area contributed by atoms with Crippen LogP contribution in [0.3, 0.4) is 0 Å². The van der Waals surface area contributed by atoms with E-state index in [1.165, 1.54) is 0 Å². The quantitative estimate of drug-likeness (QED) is 0.354. The van der Waals surface area contributed by atoms with Gasteiger partial charge in [-0.1, -0.05) is 103 Å². The first kappa shape index (κ1) is 23.6. The summed E-state index contributed by atoms with van der Waals surface area (Å²) in [4.78, 5) is 17.7. The summed E-state index contributed by atoms with van der Waals surface area (Å²) in [5.74, 6) is -0.204. The molecule has 0 aliphatic rings. The zero-order valence-electron chi connectivity index (χ0n) is 18.7. The van der Waals surface area contributed by atoms with Crippen molar-refractivity contribution in [3.8, 4) is 23.3 Å². The molecule has 1 atom stereocenters. The Morgan fingerprint density at radius 3 is 2.06 bits per heavy atom. The third-order valence-electron chi connectivity index (χ3n) is 5.36. The Labute approximate surface area is 208 Å². The fourth-order valence-corrected chi connectivity index (χ4v) is 4.79. The number of nitrogen functional groups attached to an aromatic ring is 1. The average molecular weight is 476 g/mol. The number of amides is 1. The summed E-state index contributed by atoms with van der Waals surface area (Å²) in [5.41, 5.74) is 9.35. The summed E-state index contributed by atoms with van der Waals surface area (Å²) >= 11 is 1.14. The molecule has 6 nitrogen and oxygen atoms in total. The summed E-state index contributed by atoms with van der Waals surface area (Å²) in [6, 6.07) is 32.3. The van der Waals surface area contributed by atoms with Crippen LogP contribution < -0.4 is 11.1 Å². The largest absolute Gasteiger partial charge is 0.383 e. The number of carbonyl (C=O) groups excluding carboxylic acids is 1. The van der Waals surface area contributed by atoms with Gasteiger partial charge in [-0.25, -0.2) is 4.98 Å². The van der Waals surface area contributed by atoms with Crippen molar-refractivity contribution in [1.29, 1.82) is 10.5 Å². The van der Waals surface area contributed by atoms with E-state index in [2.05, 4.69) is 22.4 Å². The average Bonchev–Trinajstić information content (AvgIpc) is 2.91. The van der Waals surface area contributed by atoms with Crippen molar-refractivity contribution >= 4 is 23.5 Å². The van der Waals surface area contributed by atoms with Crippen LogP contribution in [0.2, 0.25) is 0 Å². The number of carbonyl (C=O) groups is 1. The molecule has 0 aliphatic carbocycles. The van der Waals surface area contributed by atoms with Crippen LogP contribution in [0, 0.1) is 22.7 Å². The van der Waals surface area contributed by atoms with Gasteiger partial charge < -0.3 is 11.1 Å². The van der Waals surface area contributed by atoms with Gasteiger partial charge in [0.05, 0.1) is 5.56 Å². The van der Waals surface area contributed by atoms with Crippen molar-refractivity contribution in [2.75, 3.05) is 5.73 Å². The fourth-order valence-electron chi connectivity index (χ4n) is 3.67. The van der Waals surface area contributed by atoms with Crippen molar-refractivity contribution < 1.29 is 4.79 Å². The van der Waals surface area contributed by atoms with Crippen LogP contribution in [-0.4, -0.2) is 10.9 Å². The molecule has 0 radical (unpaired) electrons. The van der Waals surface area contributed by atoms with Crippen molar-refractivity contribution in [3.63, 3.8) is 0 Å². The first-order valence-electron chi connectivity index (χ1n) is 10.8. The number of rotatable bonds is 7. The molecule has 1 amide bonds. The lowest BCUT2D eigenvalue weighted by molar-refractivity contribution is -0.120. The molecule has 35 heavy (non-hydrogen) atoms. The lowest BCUT2D eigenvalue weighted by Gasteiger charge is -2.19. The minimum absolute atomic E-state index is 0.0179. The Kier molecular flexibility index (Phi) is 7.42. The number of pyridine rings is 1. The lowest BCUT2D eigenvalue weighted by atomic mass is 9.97. The highest BCUT2D eigenvalue weighted by Gasteiger charge is 2.27. The molecule has 0 bridgehead atoms. The van der Waals surface area contributed by atoms with E-state index >= 15 is 0 Å². The van der Waals surface area contributed by atoms with Crippen molar-refractivity contribution in [2.24, 2.45) is 0 Å². The Bertz CT molecular complexity index is 1410. The number of nitriles is 2. The SMILES string of the molecule is N#Cc1c(N)nc(SC(C(=O)NCc2ccccc2)c2ccccc2)c(C#N)c1-c1ccccc1. The van der Waals surface area contributed by atoms with E-state index in [4.69, 9.17) is 5.73 Å². The Morgan fingerprint density at radius 1 is 0.886 bits per heavy atom. The molecule has 170 valence electrons. The van der Waals surface area contributed by atoms with Crippen LogP contribution in [0.15, 0.2) is 96.0 Å². The maximum atomic E-state index is 13.4. The molecule has 0 spiro atoms. The van der Waals surface area contributed by atoms with E-state index in [9.17, 15) is 15.3 Å². The third-order valence-corrected chi connectivity index (χ3v) is 6.60. The summed E-state index contributed by atoms with van der Waals surface area (Å²) in [7, 11) is 0. The van der Waals surface area contributed by atoms with Gasteiger partial charge in [-0.3, -0.25) is 4.79 Å². The maximum absolute atomic E-state index is 13.4. The molecule has 4 rings (SSSR count). The zero-order chi connectivity index (χ0) is 24.6. The van der Waals surface area contributed by atoms with Gasteiger partial charge in [0.2, 0.25) is 5.91 Å². The fraction of sp³-hybridized carbons (Fsp3) is 0.0714. The lowest BCUT2D eigenvalue weighted by Crippen LogP contribution is -2.27. The predicted octanol–water partition coefficient (Wildman–Crippen LogP) is 5.22. The molecular formula is C28H21N5OS. The number of aromatic nitrogens is 1. The number of hydrogen-bond acceptors (Lipinski definition) is 6. The van der Waals surface area contributed by atoms with E-state index < -0.39 is 5.25 Å². The molecule has 1 unspecified atom stereocenters. The number of nitrogens with zero attached hydrogens (tertiary/aromatic N) is 3. The highest BCUT2D eigenvalue weighted by molar-refractivity contribution is 8.00. The van der Waals surface area contributed by atoms with Gasteiger partial charge in [-0.15, -0.1) is 0 Å². The van der Waals surface area contributed by atoms with Crippen molar-refractivity contribution in [2.45, 2.75) is 16.8 Å². The van der Waals surface area contributed by atoms with E-state index in [0.29, 0.717) is 22.7 Å². The van der Waals surface area contributed by atoms with Crippen LogP contribution in [0.4, 0.5) is 5.82 Å². The van der Waals surface area contributed by atoms with Crippen LogP contribution in [0.25, 0.3) is 11.1 Å². The predicted molar refractivity (Wildman–Crippen MR) is 137 cm³/mol. The van der Waals surface area contributed by atoms with E-state index in [-0.39, 0.29) is 22.9 Å². The van der Waals surface area contributed by atoms with Crippen LogP contribution in [0.5, 0.6) is 0 Å². The number of benzene rings is 3. The number of nitrogens with two attached hydrogens (primary N) is 1. The number of hydrogen-bond donors (Lipinski definition) is 2. The molecular weight excluding hydrogens is 454 g/mol. The standard InChI is InChI=1S/C28H21N5OS/c29-16-22-24(20-12-6-2-7-13-20)23(17-30)28(33-26(22)31)35-25(21-14-8-3-9-15-21)27(34)32-18-19-10-4-1-5-11-19/h1-15,25H,18H2,(H2,31,33)(H,32,34). The zero-order valence-corrected chi connectivity index (χ0v) is 19.5. The molecule has 7 heteroatoms. The molecule has 0 saturated carbocycles. The van der Waals surface area contributed by atoms with Gasteiger partial charge >= 0.3 is 0 Å². The Hall–Kier alpha value is -4.59. The number of anilines is 1. The first-order chi connectivity index (χ1) is 17.1. The highest BCUT2D eigenvalue weighted by atomic mass is 32.2. The molecule has 3 N–H and O–H groups in total. The smallest absolute Gasteiger partial charge is 0.238 e. The molecule has 3 aromatic carbocycles. The molecule has 1 aromatic heterocycles. The summed E-state index contributed by atoms with van der Waals surface area (Å²) in [6.07, 6.45) is 0. The van der Waals surface area contributed by atoms with Gasteiger partial charge in [0, 0.05) is 12.1 Å². The van der Waals surface area contributed by atoms with Crippen LogP contribution in [0.1, 0.15) is 27.5 Å². The first-order valence-corrected chi connectivity index (χ1v) is 11.7. The second kappa shape index (κ2) is 11.0. The summed E-state index contributed by atoms with van der Waals surface area (Å²) < 4.78 is 0. The third kappa shape index (κ3) is 5.33. The highest BCUT2D eigenvalue weighted by Crippen LogP contribution is 2.41. The number of thioether (sulfide) groups is 1. The van der Waals surface area contributed by atoms with Crippen LogP contribution in [-0.2, 0) is 11.3 Å². The summed E-state index contributed by atoms with van der Waals surface area (Å²) in [5, 5.41) is 22.4. The van der Waals surface area contributed by atoms with Gasteiger partial charge in [-0.2, -0.15) is 10.5 Å². The summed E-state index contributed by atoms with van der Waals surface area (Å²) in [6.45, 7) is 0.368. The second-order valence-electron chi connectivity index (χ2n) is 7.63. The Balaban J connectivity index is 1.75. The minimum Gasteiger partial charge on any atom is -0.383 e. The van der Waals surface area contributed by atoms with Gasteiger partial charge in [-0.05, 0) is 16.7 Å². The van der Waals surface area contributed by atoms with E-state index in [1.807, 2.05) is 91.0 Å². The molecule has 0 fully saturated rings.